The molecule has 1 aliphatic carbocycles. The third-order valence-electron chi connectivity index (χ3n) is 5.46. The lowest BCUT2D eigenvalue weighted by molar-refractivity contribution is 0.350. The van der Waals surface area contributed by atoms with Crippen LogP contribution in [0.3, 0.4) is 0 Å². The molecule has 0 unspecified atom stereocenters. The molecule has 0 spiro atoms. The zero-order valence-corrected chi connectivity index (χ0v) is 17.7. The number of benzene rings is 2. The van der Waals surface area contributed by atoms with Gasteiger partial charge in [-0.2, -0.15) is 0 Å². The fraction of sp³-hybridized carbons (Fsp3) is 0.333. The van der Waals surface area contributed by atoms with Gasteiger partial charge in [0.1, 0.15) is 5.75 Å². The first-order valence-corrected chi connectivity index (χ1v) is 9.97. The molecule has 1 heterocycles. The second kappa shape index (κ2) is 7.28. The first kappa shape index (κ1) is 18.5. The zero-order chi connectivity index (χ0) is 19.1. The minimum absolute atomic E-state index is 0.0981. The molecule has 0 amide bonds. The average Bonchev–Trinajstić information content (AvgIpc) is 3.16. The lowest BCUT2D eigenvalue weighted by Crippen LogP contribution is -2.29. The van der Waals surface area contributed by atoms with E-state index in [0.29, 0.717) is 17.4 Å². The van der Waals surface area contributed by atoms with Gasteiger partial charge in [-0.15, -0.1) is 0 Å². The molecule has 3 atom stereocenters. The van der Waals surface area contributed by atoms with E-state index in [4.69, 9.17) is 25.8 Å². The number of hydrogen-bond donors (Lipinski definition) is 1. The molecule has 0 aromatic heterocycles. The van der Waals surface area contributed by atoms with Crippen LogP contribution in [0.25, 0.3) is 0 Å². The third-order valence-corrected chi connectivity index (χ3v) is 6.38. The summed E-state index contributed by atoms with van der Waals surface area (Å²) in [5, 5.41) is 4.46. The molecule has 6 heteroatoms. The van der Waals surface area contributed by atoms with Crippen LogP contribution in [0.1, 0.15) is 29.5 Å². The molecule has 0 saturated carbocycles. The van der Waals surface area contributed by atoms with Gasteiger partial charge in [0, 0.05) is 16.5 Å². The lowest BCUT2D eigenvalue weighted by atomic mass is 9.76. The smallest absolute Gasteiger partial charge is 0.174 e. The highest BCUT2D eigenvalue weighted by Crippen LogP contribution is 2.55. The maximum Gasteiger partial charge on any atom is 0.174 e. The van der Waals surface area contributed by atoms with Crippen molar-refractivity contribution in [3.8, 4) is 17.2 Å². The van der Waals surface area contributed by atoms with Crippen molar-refractivity contribution in [2.75, 3.05) is 26.6 Å². The molecule has 0 saturated heterocycles. The lowest BCUT2D eigenvalue weighted by Gasteiger charge is -2.38. The molecule has 142 valence electrons. The highest BCUT2D eigenvalue weighted by atomic mass is 79.9. The van der Waals surface area contributed by atoms with E-state index < -0.39 is 0 Å². The van der Waals surface area contributed by atoms with Crippen molar-refractivity contribution in [1.82, 2.24) is 0 Å². The van der Waals surface area contributed by atoms with Crippen molar-refractivity contribution in [2.24, 2.45) is 5.92 Å². The summed E-state index contributed by atoms with van der Waals surface area (Å²) in [5.74, 6) is 2.82. The Labute approximate surface area is 172 Å². The normalized spacial score (nSPS) is 22.6. The molecule has 2 aliphatic rings. The number of halogens is 2. The zero-order valence-electron chi connectivity index (χ0n) is 15.4. The van der Waals surface area contributed by atoms with Gasteiger partial charge in [0.05, 0.1) is 37.5 Å². The Kier molecular flexibility index (Phi) is 4.99. The van der Waals surface area contributed by atoms with Crippen LogP contribution < -0.4 is 19.5 Å². The van der Waals surface area contributed by atoms with Crippen molar-refractivity contribution in [3.05, 3.63) is 57.0 Å². The number of anilines is 1. The number of fused-ring (bicyclic) bond motifs is 3. The van der Waals surface area contributed by atoms with Gasteiger partial charge >= 0.3 is 0 Å². The first-order chi connectivity index (χ1) is 13.1. The standard InChI is InChI=1S/C21H21BrClNO3/c1-25-16-8-7-15(23)18-12-5-4-6-13(12)19(24-20(16)18)11-9-14(22)21(27-3)17(10-11)26-2/h4-5,7-10,12-13,19,24H,6H2,1-3H3/t12-,13+,19-/m0/s1. The molecular weight excluding hydrogens is 430 g/mol. The molecule has 1 N–H and O–H groups in total. The molecule has 0 fully saturated rings. The molecule has 2 aromatic carbocycles. The Hall–Kier alpha value is -1.85. The molecule has 1 aliphatic heterocycles. The number of nitrogens with one attached hydrogen (secondary N) is 1. The quantitative estimate of drug-likeness (QED) is 0.584. The minimum atomic E-state index is 0.0981. The maximum absolute atomic E-state index is 6.57. The van der Waals surface area contributed by atoms with E-state index in [1.54, 1.807) is 21.3 Å². The first-order valence-electron chi connectivity index (χ1n) is 8.80. The Morgan fingerprint density at radius 1 is 1.07 bits per heavy atom. The van der Waals surface area contributed by atoms with Crippen molar-refractivity contribution >= 4 is 33.2 Å². The summed E-state index contributed by atoms with van der Waals surface area (Å²) >= 11 is 10.2. The van der Waals surface area contributed by atoms with Crippen LogP contribution in [0.5, 0.6) is 17.2 Å². The van der Waals surface area contributed by atoms with E-state index in [0.717, 1.165) is 38.5 Å². The van der Waals surface area contributed by atoms with Gasteiger partial charge in [-0.3, -0.25) is 0 Å². The van der Waals surface area contributed by atoms with Gasteiger partial charge in [-0.25, -0.2) is 0 Å². The van der Waals surface area contributed by atoms with Gasteiger partial charge in [0.25, 0.3) is 0 Å². The fourth-order valence-electron chi connectivity index (χ4n) is 4.25. The van der Waals surface area contributed by atoms with Crippen LogP contribution in [0.2, 0.25) is 5.02 Å². The van der Waals surface area contributed by atoms with E-state index in [1.165, 1.54) is 0 Å². The van der Waals surface area contributed by atoms with E-state index in [9.17, 15) is 0 Å². The van der Waals surface area contributed by atoms with E-state index in [-0.39, 0.29) is 12.0 Å². The minimum Gasteiger partial charge on any atom is -0.495 e. The molecule has 2 aromatic rings. The largest absolute Gasteiger partial charge is 0.495 e. The highest BCUT2D eigenvalue weighted by molar-refractivity contribution is 9.10. The van der Waals surface area contributed by atoms with Crippen LogP contribution in [-0.2, 0) is 0 Å². The molecule has 4 rings (SSSR count). The summed E-state index contributed by atoms with van der Waals surface area (Å²) in [6, 6.07) is 8.06. The van der Waals surface area contributed by atoms with E-state index in [2.05, 4.69) is 39.5 Å². The van der Waals surface area contributed by atoms with Gasteiger partial charge in [-0.05, 0) is 58.1 Å². The average molecular weight is 451 g/mol. The summed E-state index contributed by atoms with van der Waals surface area (Å²) in [4.78, 5) is 0. The Bertz CT molecular complexity index is 915. The third kappa shape index (κ3) is 2.97. The summed E-state index contributed by atoms with van der Waals surface area (Å²) in [6.07, 6.45) is 5.49. The molecule has 4 nitrogen and oxygen atoms in total. The van der Waals surface area contributed by atoms with Crippen molar-refractivity contribution < 1.29 is 14.2 Å². The van der Waals surface area contributed by atoms with Crippen LogP contribution in [0, 0.1) is 5.92 Å². The summed E-state index contributed by atoms with van der Waals surface area (Å²) in [6.45, 7) is 0. The summed E-state index contributed by atoms with van der Waals surface area (Å²) < 4.78 is 17.5. The number of ether oxygens (including phenoxy) is 3. The van der Waals surface area contributed by atoms with Gasteiger partial charge in [0.2, 0.25) is 0 Å². The second-order valence-corrected chi connectivity index (χ2v) is 8.01. The maximum atomic E-state index is 6.57. The number of methoxy groups -OCH3 is 3. The van der Waals surface area contributed by atoms with Crippen LogP contribution in [-0.4, -0.2) is 21.3 Å². The van der Waals surface area contributed by atoms with E-state index in [1.807, 2.05) is 18.2 Å². The SMILES string of the molecule is COc1ccc(Cl)c2c1N[C@@H](c1cc(Br)c(OC)c(OC)c1)[C@@H]1CC=C[C@H]21. The second-order valence-electron chi connectivity index (χ2n) is 6.75. The summed E-state index contributed by atoms with van der Waals surface area (Å²) in [7, 11) is 4.98. The molecule has 0 radical (unpaired) electrons. The highest BCUT2D eigenvalue weighted by Gasteiger charge is 2.40. The van der Waals surface area contributed by atoms with E-state index >= 15 is 0 Å². The summed E-state index contributed by atoms with van der Waals surface area (Å²) in [5.41, 5.74) is 3.21. The topological polar surface area (TPSA) is 39.7 Å². The van der Waals surface area contributed by atoms with Gasteiger partial charge < -0.3 is 19.5 Å². The predicted molar refractivity (Wildman–Crippen MR) is 112 cm³/mol. The van der Waals surface area contributed by atoms with Crippen LogP contribution in [0.15, 0.2) is 40.9 Å². The Morgan fingerprint density at radius 3 is 2.56 bits per heavy atom. The number of hydrogen-bond acceptors (Lipinski definition) is 4. The molecule has 27 heavy (non-hydrogen) atoms. The van der Waals surface area contributed by atoms with Crippen LogP contribution >= 0.6 is 27.5 Å². The van der Waals surface area contributed by atoms with Crippen molar-refractivity contribution in [3.63, 3.8) is 0 Å². The molecular formula is C21H21BrClNO3. The Morgan fingerprint density at radius 2 is 1.85 bits per heavy atom. The molecule has 0 bridgehead atoms. The van der Waals surface area contributed by atoms with Crippen molar-refractivity contribution in [2.45, 2.75) is 18.4 Å². The van der Waals surface area contributed by atoms with Crippen molar-refractivity contribution in [1.29, 1.82) is 0 Å². The fourth-order valence-corrected chi connectivity index (χ4v) is 5.16. The van der Waals surface area contributed by atoms with Gasteiger partial charge in [-0.1, -0.05) is 23.8 Å². The van der Waals surface area contributed by atoms with Gasteiger partial charge in [0.15, 0.2) is 11.5 Å². The number of rotatable bonds is 4. The predicted octanol–water partition coefficient (Wildman–Crippen LogP) is 5.95. The number of allylic oxidation sites excluding steroid dienone is 2. The Balaban J connectivity index is 1.85. The monoisotopic (exact) mass is 449 g/mol. The van der Waals surface area contributed by atoms with Crippen LogP contribution in [0.4, 0.5) is 5.69 Å².